The van der Waals surface area contributed by atoms with Crippen LogP contribution >= 0.6 is 0 Å². The number of carboxylic acid groups (broad SMARTS) is 1. The van der Waals surface area contributed by atoms with Crippen LogP contribution in [0.15, 0.2) is 24.3 Å². The van der Waals surface area contributed by atoms with Gasteiger partial charge in [-0.05, 0) is 30.5 Å². The molecule has 0 aromatic heterocycles. The molecule has 2 rings (SSSR count). The van der Waals surface area contributed by atoms with Crippen molar-refractivity contribution >= 4 is 11.9 Å². The van der Waals surface area contributed by atoms with Crippen molar-refractivity contribution in [3.05, 3.63) is 35.4 Å². The van der Waals surface area contributed by atoms with Crippen molar-refractivity contribution < 1.29 is 14.7 Å². The van der Waals surface area contributed by atoms with Gasteiger partial charge in [-0.1, -0.05) is 12.1 Å². The fourth-order valence-corrected chi connectivity index (χ4v) is 2.34. The van der Waals surface area contributed by atoms with E-state index in [0.29, 0.717) is 0 Å². The molecule has 1 unspecified atom stereocenters. The number of aromatic carboxylic acids is 1. The van der Waals surface area contributed by atoms with Crippen LogP contribution in [-0.2, 0) is 4.79 Å². The van der Waals surface area contributed by atoms with Crippen molar-refractivity contribution in [2.75, 3.05) is 6.54 Å². The van der Waals surface area contributed by atoms with Crippen molar-refractivity contribution in [3.8, 4) is 0 Å². The van der Waals surface area contributed by atoms with Crippen LogP contribution in [0.4, 0.5) is 0 Å². The van der Waals surface area contributed by atoms with E-state index >= 15 is 0 Å². The van der Waals surface area contributed by atoms with Gasteiger partial charge in [-0.2, -0.15) is 0 Å². The van der Waals surface area contributed by atoms with Gasteiger partial charge in [0.1, 0.15) is 0 Å². The van der Waals surface area contributed by atoms with Crippen LogP contribution in [-0.4, -0.2) is 28.4 Å². The van der Waals surface area contributed by atoms with E-state index in [2.05, 4.69) is 0 Å². The minimum Gasteiger partial charge on any atom is -0.478 e. The molecule has 0 spiro atoms. The van der Waals surface area contributed by atoms with E-state index in [1.165, 1.54) is 0 Å². The maximum atomic E-state index is 11.4. The minimum absolute atomic E-state index is 0.0785. The van der Waals surface area contributed by atoms with Crippen molar-refractivity contribution in [1.29, 1.82) is 0 Å². The summed E-state index contributed by atoms with van der Waals surface area (Å²) in [6.45, 7) is 2.37. The lowest BCUT2D eigenvalue weighted by Gasteiger charge is -2.23. The molecule has 1 aromatic carbocycles. The second-order valence-corrected chi connectivity index (χ2v) is 4.30. The summed E-state index contributed by atoms with van der Waals surface area (Å²) < 4.78 is 0. The second kappa shape index (κ2) is 4.57. The average Bonchev–Trinajstić information content (AvgIpc) is 2.78. The minimum atomic E-state index is -0.925. The summed E-state index contributed by atoms with van der Waals surface area (Å²) >= 11 is 0. The smallest absolute Gasteiger partial charge is 0.335 e. The van der Waals surface area contributed by atoms with Crippen LogP contribution in [0.2, 0.25) is 0 Å². The zero-order valence-corrected chi connectivity index (χ0v) is 9.72. The van der Waals surface area contributed by atoms with Gasteiger partial charge in [-0.25, -0.2) is 4.79 Å². The van der Waals surface area contributed by atoms with E-state index in [0.717, 1.165) is 24.9 Å². The SMILES string of the molecule is CC(=O)N1CCCC1c1ccc(C(=O)O)cc1. The van der Waals surface area contributed by atoms with Gasteiger partial charge in [-0.15, -0.1) is 0 Å². The van der Waals surface area contributed by atoms with Crippen LogP contribution < -0.4 is 0 Å². The fourth-order valence-electron chi connectivity index (χ4n) is 2.34. The van der Waals surface area contributed by atoms with E-state index < -0.39 is 5.97 Å². The van der Waals surface area contributed by atoms with Gasteiger partial charge in [0.2, 0.25) is 5.91 Å². The Kier molecular flexibility index (Phi) is 3.13. The first kappa shape index (κ1) is 11.6. The summed E-state index contributed by atoms with van der Waals surface area (Å²) in [6.07, 6.45) is 1.96. The Hall–Kier alpha value is -1.84. The molecule has 1 heterocycles. The van der Waals surface area contributed by atoms with Gasteiger partial charge in [0.15, 0.2) is 0 Å². The number of amides is 1. The van der Waals surface area contributed by atoms with Gasteiger partial charge < -0.3 is 10.0 Å². The third kappa shape index (κ3) is 2.30. The molecule has 90 valence electrons. The maximum Gasteiger partial charge on any atom is 0.335 e. The van der Waals surface area contributed by atoms with Crippen LogP contribution in [0, 0.1) is 0 Å². The predicted molar refractivity (Wildman–Crippen MR) is 62.8 cm³/mol. The predicted octanol–water partition coefficient (Wildman–Crippen LogP) is 2.07. The number of nitrogens with zero attached hydrogens (tertiary/aromatic N) is 1. The monoisotopic (exact) mass is 233 g/mol. The Labute approximate surface area is 99.9 Å². The lowest BCUT2D eigenvalue weighted by Crippen LogP contribution is -2.28. The van der Waals surface area contributed by atoms with Gasteiger partial charge in [0, 0.05) is 13.5 Å². The molecular formula is C13H15NO3. The lowest BCUT2D eigenvalue weighted by atomic mass is 10.0. The van der Waals surface area contributed by atoms with E-state index in [9.17, 15) is 9.59 Å². The average molecular weight is 233 g/mol. The van der Waals surface area contributed by atoms with Crippen LogP contribution in [0.5, 0.6) is 0 Å². The largest absolute Gasteiger partial charge is 0.478 e. The Morgan fingerprint density at radius 3 is 2.47 bits per heavy atom. The number of carboxylic acids is 1. The number of rotatable bonds is 2. The Bertz CT molecular complexity index is 438. The third-order valence-corrected chi connectivity index (χ3v) is 3.20. The molecule has 4 nitrogen and oxygen atoms in total. The van der Waals surface area contributed by atoms with Crippen LogP contribution in [0.1, 0.15) is 41.7 Å². The quantitative estimate of drug-likeness (QED) is 0.850. The fraction of sp³-hybridized carbons (Fsp3) is 0.385. The lowest BCUT2D eigenvalue weighted by molar-refractivity contribution is -0.129. The molecule has 4 heteroatoms. The first-order valence-corrected chi connectivity index (χ1v) is 5.70. The summed E-state index contributed by atoms with van der Waals surface area (Å²) in [5, 5.41) is 8.82. The van der Waals surface area contributed by atoms with Gasteiger partial charge in [0.05, 0.1) is 11.6 Å². The standard InChI is InChI=1S/C13H15NO3/c1-9(15)14-8-2-3-12(14)10-4-6-11(7-5-10)13(16)17/h4-7,12H,2-3,8H2,1H3,(H,16,17). The van der Waals surface area contributed by atoms with Crippen molar-refractivity contribution in [3.63, 3.8) is 0 Å². The maximum absolute atomic E-state index is 11.4. The summed E-state index contributed by atoms with van der Waals surface area (Å²) in [4.78, 5) is 24.0. The summed E-state index contributed by atoms with van der Waals surface area (Å²) in [5.74, 6) is -0.846. The molecule has 1 atom stereocenters. The summed E-state index contributed by atoms with van der Waals surface area (Å²) in [6, 6.07) is 6.89. The first-order chi connectivity index (χ1) is 8.09. The zero-order valence-electron chi connectivity index (χ0n) is 9.72. The molecule has 1 aromatic rings. The molecule has 0 saturated carbocycles. The number of hydrogen-bond acceptors (Lipinski definition) is 2. The number of benzene rings is 1. The van der Waals surface area contributed by atoms with Crippen LogP contribution in [0.3, 0.4) is 0 Å². The molecular weight excluding hydrogens is 218 g/mol. The van der Waals surface area contributed by atoms with E-state index in [4.69, 9.17) is 5.11 Å². The Balaban J connectivity index is 2.22. The molecule has 1 aliphatic rings. The van der Waals surface area contributed by atoms with E-state index in [1.807, 2.05) is 4.90 Å². The highest BCUT2D eigenvalue weighted by Gasteiger charge is 2.27. The molecule has 1 saturated heterocycles. The molecule has 0 bridgehead atoms. The molecule has 1 fully saturated rings. The highest BCUT2D eigenvalue weighted by atomic mass is 16.4. The molecule has 1 aliphatic heterocycles. The second-order valence-electron chi connectivity index (χ2n) is 4.30. The molecule has 1 N–H and O–H groups in total. The van der Waals surface area contributed by atoms with Crippen molar-refractivity contribution in [2.45, 2.75) is 25.8 Å². The molecule has 0 radical (unpaired) electrons. The summed E-state index contributed by atoms with van der Waals surface area (Å²) in [5.41, 5.74) is 1.30. The van der Waals surface area contributed by atoms with Crippen molar-refractivity contribution in [1.82, 2.24) is 4.90 Å². The van der Waals surface area contributed by atoms with E-state index in [-0.39, 0.29) is 17.5 Å². The first-order valence-electron chi connectivity index (χ1n) is 5.70. The number of hydrogen-bond donors (Lipinski definition) is 1. The van der Waals surface area contributed by atoms with Crippen molar-refractivity contribution in [2.24, 2.45) is 0 Å². The number of carbonyl (C=O) groups excluding carboxylic acids is 1. The Morgan fingerprint density at radius 1 is 1.29 bits per heavy atom. The number of likely N-dealkylation sites (tertiary alicyclic amines) is 1. The molecule has 0 aliphatic carbocycles. The molecule has 1 amide bonds. The topological polar surface area (TPSA) is 57.6 Å². The van der Waals surface area contributed by atoms with Gasteiger partial charge in [0.25, 0.3) is 0 Å². The highest BCUT2D eigenvalue weighted by Crippen LogP contribution is 2.31. The Morgan fingerprint density at radius 2 is 1.94 bits per heavy atom. The van der Waals surface area contributed by atoms with Crippen LogP contribution in [0.25, 0.3) is 0 Å². The third-order valence-electron chi connectivity index (χ3n) is 3.20. The van der Waals surface area contributed by atoms with E-state index in [1.54, 1.807) is 31.2 Å². The normalized spacial score (nSPS) is 19.4. The molecule has 17 heavy (non-hydrogen) atoms. The number of carbonyl (C=O) groups is 2. The zero-order chi connectivity index (χ0) is 12.4. The highest BCUT2D eigenvalue weighted by molar-refractivity contribution is 5.87. The summed E-state index contributed by atoms with van der Waals surface area (Å²) in [7, 11) is 0. The van der Waals surface area contributed by atoms with Gasteiger partial charge in [-0.3, -0.25) is 4.79 Å². The van der Waals surface area contributed by atoms with Gasteiger partial charge >= 0.3 is 5.97 Å².